The van der Waals surface area contributed by atoms with Crippen molar-refractivity contribution < 1.29 is 18.0 Å². The number of aromatic nitrogens is 5. The molecule has 35 heavy (non-hydrogen) atoms. The van der Waals surface area contributed by atoms with Gasteiger partial charge >= 0.3 is 6.18 Å². The Kier molecular flexibility index (Phi) is 6.94. The van der Waals surface area contributed by atoms with Crippen molar-refractivity contribution in [1.82, 2.24) is 34.9 Å². The van der Waals surface area contributed by atoms with Crippen molar-refractivity contribution in [3.05, 3.63) is 41.2 Å². The second-order valence-electron chi connectivity index (χ2n) is 8.45. The maximum Gasteiger partial charge on any atom is 0.401 e. The predicted molar refractivity (Wildman–Crippen MR) is 129 cm³/mol. The van der Waals surface area contributed by atoms with Crippen LogP contribution >= 0.6 is 24.0 Å². The van der Waals surface area contributed by atoms with E-state index >= 15 is 0 Å². The number of likely N-dealkylation sites (tertiary alicyclic amines) is 1. The van der Waals surface area contributed by atoms with Gasteiger partial charge < -0.3 is 10.3 Å². The number of fused-ring (bicyclic) bond motifs is 2. The van der Waals surface area contributed by atoms with Crippen molar-refractivity contribution in [1.29, 1.82) is 0 Å². The lowest BCUT2D eigenvalue weighted by molar-refractivity contribution is -0.148. The summed E-state index contributed by atoms with van der Waals surface area (Å²) in [6.45, 7) is -0.478. The Hall–Kier alpha value is -2.89. The molecule has 1 atom stereocenters. The number of hydrogen-bond donors (Lipinski definition) is 2. The van der Waals surface area contributed by atoms with Gasteiger partial charge in [0.25, 0.3) is 5.91 Å². The number of nitrogens with zero attached hydrogens (tertiary/aromatic N) is 5. The van der Waals surface area contributed by atoms with Crippen molar-refractivity contribution in [2.24, 2.45) is 7.05 Å². The van der Waals surface area contributed by atoms with Gasteiger partial charge in [-0.15, -0.1) is 12.4 Å². The van der Waals surface area contributed by atoms with Crippen LogP contribution in [0, 0.1) is 0 Å². The Bertz CT molecular complexity index is 1380. The van der Waals surface area contributed by atoms with E-state index in [9.17, 15) is 18.0 Å². The number of carbonyl (C=O) groups is 1. The number of H-pyrrole nitrogens is 1. The number of amides is 1. The zero-order chi connectivity index (χ0) is 24.0. The van der Waals surface area contributed by atoms with Crippen molar-refractivity contribution in [2.45, 2.75) is 25.1 Å². The van der Waals surface area contributed by atoms with E-state index in [1.807, 2.05) is 6.07 Å². The molecule has 4 aromatic rings. The molecule has 1 fully saturated rings. The first-order chi connectivity index (χ1) is 16.2. The molecule has 3 aromatic heterocycles. The highest BCUT2D eigenvalue weighted by Gasteiger charge is 2.33. The fraction of sp³-hybridized carbons (Fsp3) is 0.364. The first-order valence-corrected chi connectivity index (χ1v) is 11.1. The molecule has 1 aliphatic rings. The summed E-state index contributed by atoms with van der Waals surface area (Å²) in [4.78, 5) is 26.3. The number of alkyl halides is 3. The summed E-state index contributed by atoms with van der Waals surface area (Å²) >= 11 is 6.11. The molecule has 0 saturated carbocycles. The van der Waals surface area contributed by atoms with Gasteiger partial charge in [0.1, 0.15) is 16.9 Å². The number of benzene rings is 1. The number of aryl methyl sites for hydroxylation is 1. The summed E-state index contributed by atoms with van der Waals surface area (Å²) in [6.07, 6.45) is 0.0106. The average molecular weight is 528 g/mol. The molecular weight excluding hydrogens is 506 g/mol. The van der Waals surface area contributed by atoms with Gasteiger partial charge in [0.05, 0.1) is 23.8 Å². The number of carbonyl (C=O) groups excluding carboxylic acids is 1. The summed E-state index contributed by atoms with van der Waals surface area (Å²) in [7, 11) is 1.80. The lowest BCUT2D eigenvalue weighted by atomic mass is 10.1. The van der Waals surface area contributed by atoms with Gasteiger partial charge in [-0.25, -0.2) is 9.97 Å². The van der Waals surface area contributed by atoms with Gasteiger partial charge in [-0.1, -0.05) is 11.6 Å². The molecule has 1 saturated heterocycles. The van der Waals surface area contributed by atoms with Gasteiger partial charge in [-0.05, 0) is 37.6 Å². The minimum atomic E-state index is -4.27. The minimum absolute atomic E-state index is 0. The van der Waals surface area contributed by atoms with Crippen LogP contribution in [0.1, 0.15) is 23.2 Å². The molecule has 0 unspecified atom stereocenters. The van der Waals surface area contributed by atoms with Crippen LogP contribution in [0.25, 0.3) is 33.5 Å². The smallest absolute Gasteiger partial charge is 0.348 e. The molecular formula is C22H22Cl2F3N7O. The van der Waals surface area contributed by atoms with Crippen LogP contribution in [0.2, 0.25) is 5.02 Å². The number of hydrogen-bond acceptors (Lipinski definition) is 5. The SMILES string of the molecule is Cl.Cn1nc(-c2cnc3[nH]cc(C(=O)N[C@@H]4CCCN(CC(F)(F)F)C4)c3n2)c2ccc(Cl)cc21. The number of nitrogens with one attached hydrogen (secondary N) is 2. The van der Waals surface area contributed by atoms with Crippen molar-refractivity contribution in [3.63, 3.8) is 0 Å². The second kappa shape index (κ2) is 9.63. The summed E-state index contributed by atoms with van der Waals surface area (Å²) in [5.41, 5.74) is 3.00. The highest BCUT2D eigenvalue weighted by molar-refractivity contribution is 6.31. The molecule has 8 nitrogen and oxygen atoms in total. The van der Waals surface area contributed by atoms with Gasteiger partial charge in [0.15, 0.2) is 5.65 Å². The van der Waals surface area contributed by atoms with Gasteiger partial charge in [0.2, 0.25) is 0 Å². The van der Waals surface area contributed by atoms with Gasteiger partial charge in [0, 0.05) is 36.2 Å². The summed E-state index contributed by atoms with van der Waals surface area (Å²) in [5.74, 6) is -0.408. The van der Waals surface area contributed by atoms with Crippen molar-refractivity contribution in [3.8, 4) is 11.4 Å². The van der Waals surface area contributed by atoms with E-state index in [1.165, 1.54) is 11.1 Å². The third-order valence-electron chi connectivity index (χ3n) is 5.93. The third kappa shape index (κ3) is 5.21. The molecule has 1 aromatic carbocycles. The Morgan fingerprint density at radius 1 is 1.34 bits per heavy atom. The van der Waals surface area contributed by atoms with E-state index in [-0.39, 0.29) is 30.6 Å². The van der Waals surface area contributed by atoms with Crippen LogP contribution in [0.3, 0.4) is 0 Å². The number of aromatic amines is 1. The van der Waals surface area contributed by atoms with Crippen LogP contribution in [0.4, 0.5) is 13.2 Å². The van der Waals surface area contributed by atoms with E-state index < -0.39 is 18.6 Å². The van der Waals surface area contributed by atoms with E-state index in [0.717, 1.165) is 10.9 Å². The van der Waals surface area contributed by atoms with Crippen LogP contribution in [0.15, 0.2) is 30.6 Å². The summed E-state index contributed by atoms with van der Waals surface area (Å²) < 4.78 is 40.0. The Morgan fingerprint density at radius 2 is 2.14 bits per heavy atom. The normalized spacial score (nSPS) is 17.0. The van der Waals surface area contributed by atoms with Crippen LogP contribution in [-0.4, -0.2) is 67.4 Å². The molecule has 0 bridgehead atoms. The van der Waals surface area contributed by atoms with Crippen molar-refractivity contribution >= 4 is 52.0 Å². The van der Waals surface area contributed by atoms with E-state index in [1.54, 1.807) is 30.1 Å². The van der Waals surface area contributed by atoms with E-state index in [0.29, 0.717) is 47.0 Å². The van der Waals surface area contributed by atoms with Crippen LogP contribution in [0.5, 0.6) is 0 Å². The molecule has 13 heteroatoms. The molecule has 1 aliphatic heterocycles. The largest absolute Gasteiger partial charge is 0.401 e. The van der Waals surface area contributed by atoms with E-state index in [2.05, 4.69) is 25.4 Å². The molecule has 0 spiro atoms. The molecule has 4 heterocycles. The standard InChI is InChI=1S/C22H21ClF3N7O.ClH/c1-32-17-7-12(23)4-5-14(17)18(31-32)16-9-28-20-19(30-16)15(8-27-20)21(34)29-13-3-2-6-33(10-13)11-22(24,25)26;/h4-5,7-9,13H,2-3,6,10-11H2,1H3,(H,27,28)(H,29,34);1H/t13-;/m1./s1. The zero-order valence-corrected chi connectivity index (χ0v) is 20.1. The molecule has 186 valence electrons. The maximum atomic E-state index is 13.0. The first-order valence-electron chi connectivity index (χ1n) is 10.7. The highest BCUT2D eigenvalue weighted by Crippen LogP contribution is 2.29. The quantitative estimate of drug-likeness (QED) is 0.411. The highest BCUT2D eigenvalue weighted by atomic mass is 35.5. The van der Waals surface area contributed by atoms with Gasteiger partial charge in [-0.2, -0.15) is 18.3 Å². The lowest BCUT2D eigenvalue weighted by Crippen LogP contribution is -2.49. The fourth-order valence-electron chi connectivity index (χ4n) is 4.43. The zero-order valence-electron chi connectivity index (χ0n) is 18.6. The average Bonchev–Trinajstić information content (AvgIpc) is 3.33. The topological polar surface area (TPSA) is 91.7 Å². The lowest BCUT2D eigenvalue weighted by Gasteiger charge is -2.33. The molecule has 5 rings (SSSR count). The predicted octanol–water partition coefficient (Wildman–Crippen LogP) is 4.34. The Labute approximate surface area is 209 Å². The van der Waals surface area contributed by atoms with Gasteiger partial charge in [-0.3, -0.25) is 14.4 Å². The summed E-state index contributed by atoms with van der Waals surface area (Å²) in [5, 5.41) is 8.83. The minimum Gasteiger partial charge on any atom is -0.348 e. The van der Waals surface area contributed by atoms with E-state index in [4.69, 9.17) is 11.6 Å². The molecule has 0 aliphatic carbocycles. The number of rotatable bonds is 4. The Morgan fingerprint density at radius 3 is 2.91 bits per heavy atom. The monoisotopic (exact) mass is 527 g/mol. The second-order valence-corrected chi connectivity index (χ2v) is 8.89. The Balaban J connectivity index is 0.00000289. The third-order valence-corrected chi connectivity index (χ3v) is 6.16. The van der Waals surface area contributed by atoms with Crippen molar-refractivity contribution in [2.75, 3.05) is 19.6 Å². The molecule has 2 N–H and O–H groups in total. The van der Waals surface area contributed by atoms with Crippen LogP contribution < -0.4 is 5.32 Å². The molecule has 0 radical (unpaired) electrons. The number of halogens is 5. The fourth-order valence-corrected chi connectivity index (χ4v) is 4.60. The summed E-state index contributed by atoms with van der Waals surface area (Å²) in [6, 6.07) is 5.05. The maximum absolute atomic E-state index is 13.0. The first kappa shape index (κ1) is 25.2. The molecule has 1 amide bonds. The van der Waals surface area contributed by atoms with Crippen LogP contribution in [-0.2, 0) is 7.05 Å². The number of piperidine rings is 1.